The molecule has 0 spiro atoms. The monoisotopic (exact) mass is 1420 g/mol. The molecule has 0 saturated carbocycles. The topological polar surface area (TPSA) is 307 Å². The first kappa shape index (κ1) is 91.2. The second-order valence-corrected chi connectivity index (χ2v) is 28.2. The molecule has 0 aromatic rings. The zero-order chi connectivity index (χ0) is 72.5. The third-order valence-electron chi connectivity index (χ3n) is 19.5. The zero-order valence-electron chi connectivity index (χ0n) is 61.9. The van der Waals surface area contributed by atoms with Crippen LogP contribution >= 0.6 is 0 Å². The molecule has 0 aromatic heterocycles. The van der Waals surface area contributed by atoms with E-state index in [0.29, 0.717) is 12.8 Å². The number of hydrogen-bond donors (Lipinski definition) is 12. The standard InChI is InChI=1S/C81H143NO18/c1-3-5-7-9-11-13-15-17-19-21-23-25-27-29-31-33-34-36-38-40-42-44-46-48-50-52-54-56-58-65(86)64(82-69(87)59-57-55-53-51-49-47-45-43-41-39-37-35-32-30-28-26-24-22-20-18-16-14-12-10-8-6-4-2)63-95-79-75(93)72(90)77(67(61-84)97-79)100-81-76(94)73(91)78(68(62-85)98-81)99-80-74(92)71(89)70(88)66(60-83)96-80/h6,8,12,14,18,20,24,26,30,32,37,39,43,45,64-68,70-81,83-86,88-94H,3-5,7,9-11,13,15-17,19,21-23,25,27-29,31,33-36,38,40-42,44,46-63H2,1-2H3,(H,82,87)/b8-6-,14-12-,20-18-,26-24-,32-30-,39-37-,45-43-. The number of ether oxygens (including phenoxy) is 6. The van der Waals surface area contributed by atoms with Crippen LogP contribution < -0.4 is 5.32 Å². The number of aliphatic hydroxyl groups is 11. The molecule has 0 radical (unpaired) electrons. The van der Waals surface area contributed by atoms with E-state index >= 15 is 0 Å². The summed E-state index contributed by atoms with van der Waals surface area (Å²) < 4.78 is 34.5. The lowest BCUT2D eigenvalue weighted by atomic mass is 9.96. The Balaban J connectivity index is 1.39. The predicted octanol–water partition coefficient (Wildman–Crippen LogP) is 13.0. The number of rotatable bonds is 62. The molecule has 17 unspecified atom stereocenters. The minimum Gasteiger partial charge on any atom is -0.394 e. The van der Waals surface area contributed by atoms with Crippen molar-refractivity contribution in [3.8, 4) is 0 Å². The summed E-state index contributed by atoms with van der Waals surface area (Å²) in [4.78, 5) is 13.5. The van der Waals surface area contributed by atoms with Crippen molar-refractivity contribution >= 4 is 5.91 Å². The van der Waals surface area contributed by atoms with Crippen molar-refractivity contribution in [2.45, 2.75) is 394 Å². The summed E-state index contributed by atoms with van der Waals surface area (Å²) >= 11 is 0. The fourth-order valence-corrected chi connectivity index (χ4v) is 13.1. The number of hydrogen-bond acceptors (Lipinski definition) is 18. The normalized spacial score (nSPS) is 26.9. The van der Waals surface area contributed by atoms with E-state index in [1.54, 1.807) is 0 Å². The van der Waals surface area contributed by atoms with E-state index in [9.17, 15) is 61.0 Å². The van der Waals surface area contributed by atoms with Crippen LogP contribution in [0.1, 0.15) is 290 Å². The van der Waals surface area contributed by atoms with Gasteiger partial charge in [-0.3, -0.25) is 4.79 Å². The average Bonchev–Trinajstić information content (AvgIpc) is 0.783. The molecule has 100 heavy (non-hydrogen) atoms. The quantitative estimate of drug-likeness (QED) is 0.0199. The number of carbonyl (C=O) groups excluding carboxylic acids is 1. The minimum atomic E-state index is -1.98. The van der Waals surface area contributed by atoms with Gasteiger partial charge in [-0.15, -0.1) is 0 Å². The molecule has 0 aliphatic carbocycles. The molecule has 3 fully saturated rings. The maximum Gasteiger partial charge on any atom is 0.220 e. The molecule has 3 rings (SSSR count). The van der Waals surface area contributed by atoms with Gasteiger partial charge in [0.2, 0.25) is 5.91 Å². The van der Waals surface area contributed by atoms with Crippen LogP contribution in [0.5, 0.6) is 0 Å². The molecule has 0 bridgehead atoms. The minimum absolute atomic E-state index is 0.239. The van der Waals surface area contributed by atoms with E-state index in [2.05, 4.69) is 104 Å². The highest BCUT2D eigenvalue weighted by atomic mass is 16.8. The zero-order valence-corrected chi connectivity index (χ0v) is 61.9. The Kier molecular flexibility index (Phi) is 55.8. The fraction of sp³-hybridized carbons (Fsp3) is 0.815. The summed E-state index contributed by atoms with van der Waals surface area (Å²) in [5.74, 6) is -0.262. The van der Waals surface area contributed by atoms with Gasteiger partial charge < -0.3 is 89.9 Å². The van der Waals surface area contributed by atoms with Gasteiger partial charge in [-0.1, -0.05) is 298 Å². The Bertz CT molecular complexity index is 2140. The Morgan fingerprint density at radius 3 is 1.08 bits per heavy atom. The molecule has 3 saturated heterocycles. The SMILES string of the molecule is CC/C=C\C/C=C\C/C=C\C/C=C\C/C=C\C/C=C\C/C=C\CCCCCCCC(=O)NC(COC1OC(CO)C(OC2OC(CO)C(OC3OC(CO)C(O)C(O)C3O)C(O)C2O)C(O)C1O)C(O)CCCCCCCCCCCCCCCCCCCCCCCCCCCCCC. The predicted molar refractivity (Wildman–Crippen MR) is 397 cm³/mol. The van der Waals surface area contributed by atoms with Gasteiger partial charge >= 0.3 is 0 Å². The lowest BCUT2D eigenvalue weighted by Gasteiger charge is -2.48. The smallest absolute Gasteiger partial charge is 0.220 e. The van der Waals surface area contributed by atoms with Crippen LogP contribution in [0.15, 0.2) is 85.1 Å². The molecule has 17 atom stereocenters. The summed E-state index contributed by atoms with van der Waals surface area (Å²) in [5.41, 5.74) is 0. The van der Waals surface area contributed by atoms with E-state index < -0.39 is 124 Å². The molecular weight excluding hydrogens is 1270 g/mol. The van der Waals surface area contributed by atoms with Gasteiger partial charge in [-0.25, -0.2) is 0 Å². The van der Waals surface area contributed by atoms with Crippen LogP contribution in [0.2, 0.25) is 0 Å². The Morgan fingerprint density at radius 1 is 0.370 bits per heavy atom. The molecule has 1 amide bonds. The van der Waals surface area contributed by atoms with Gasteiger partial charge in [0, 0.05) is 6.42 Å². The molecule has 3 heterocycles. The second-order valence-electron chi connectivity index (χ2n) is 28.2. The summed E-state index contributed by atoms with van der Waals surface area (Å²) in [6.07, 6.45) is 53.7. The van der Waals surface area contributed by atoms with Crippen LogP contribution in [-0.4, -0.2) is 193 Å². The molecule has 19 nitrogen and oxygen atoms in total. The van der Waals surface area contributed by atoms with Crippen LogP contribution in [0, 0.1) is 0 Å². The molecule has 0 aromatic carbocycles. The fourth-order valence-electron chi connectivity index (χ4n) is 13.1. The van der Waals surface area contributed by atoms with Crippen molar-refractivity contribution in [1.29, 1.82) is 0 Å². The highest BCUT2D eigenvalue weighted by Crippen LogP contribution is 2.33. The number of nitrogens with one attached hydrogen (secondary N) is 1. The van der Waals surface area contributed by atoms with Crippen LogP contribution in [0.25, 0.3) is 0 Å². The largest absolute Gasteiger partial charge is 0.394 e. The third-order valence-corrected chi connectivity index (χ3v) is 19.5. The number of carbonyl (C=O) groups is 1. The van der Waals surface area contributed by atoms with Gasteiger partial charge in [-0.2, -0.15) is 0 Å². The molecule has 19 heteroatoms. The van der Waals surface area contributed by atoms with E-state index in [1.165, 1.54) is 154 Å². The van der Waals surface area contributed by atoms with Gasteiger partial charge in [-0.05, 0) is 70.6 Å². The van der Waals surface area contributed by atoms with Crippen molar-refractivity contribution in [3.63, 3.8) is 0 Å². The van der Waals surface area contributed by atoms with Crippen molar-refractivity contribution in [3.05, 3.63) is 85.1 Å². The van der Waals surface area contributed by atoms with Gasteiger partial charge in [0.25, 0.3) is 0 Å². The van der Waals surface area contributed by atoms with E-state index in [-0.39, 0.29) is 18.9 Å². The van der Waals surface area contributed by atoms with Crippen molar-refractivity contribution < 1.29 is 89.4 Å². The number of unbranched alkanes of at least 4 members (excludes halogenated alkanes) is 32. The molecule has 3 aliphatic heterocycles. The maximum atomic E-state index is 13.5. The van der Waals surface area contributed by atoms with Crippen LogP contribution in [0.4, 0.5) is 0 Å². The third kappa shape index (κ3) is 41.0. The van der Waals surface area contributed by atoms with Gasteiger partial charge in [0.1, 0.15) is 73.2 Å². The highest BCUT2D eigenvalue weighted by Gasteiger charge is 2.54. The second kappa shape index (κ2) is 61.2. The molecule has 3 aliphatic rings. The summed E-state index contributed by atoms with van der Waals surface area (Å²) in [6.45, 7) is 1.70. The van der Waals surface area contributed by atoms with Crippen LogP contribution in [0.3, 0.4) is 0 Å². The summed E-state index contributed by atoms with van der Waals surface area (Å²) in [6, 6.07) is -0.906. The molecule has 580 valence electrons. The summed E-state index contributed by atoms with van der Waals surface area (Å²) in [7, 11) is 0. The first-order chi connectivity index (χ1) is 48.8. The van der Waals surface area contributed by atoms with Gasteiger partial charge in [0.05, 0.1) is 38.6 Å². The number of allylic oxidation sites excluding steroid dienone is 14. The van der Waals surface area contributed by atoms with Crippen molar-refractivity contribution in [2.75, 3.05) is 26.4 Å². The molecule has 12 N–H and O–H groups in total. The van der Waals surface area contributed by atoms with E-state index in [4.69, 9.17) is 28.4 Å². The van der Waals surface area contributed by atoms with E-state index in [1.807, 2.05) is 0 Å². The molecular formula is C81H143NO18. The first-order valence-corrected chi connectivity index (χ1v) is 39.8. The van der Waals surface area contributed by atoms with Gasteiger partial charge in [0.15, 0.2) is 18.9 Å². The summed E-state index contributed by atoms with van der Waals surface area (Å²) in [5, 5.41) is 121. The first-order valence-electron chi connectivity index (χ1n) is 39.8. The maximum absolute atomic E-state index is 13.5. The lowest BCUT2D eigenvalue weighted by Crippen LogP contribution is -2.66. The van der Waals surface area contributed by atoms with E-state index in [0.717, 1.165) is 103 Å². The Labute approximate surface area is 603 Å². The van der Waals surface area contributed by atoms with Crippen molar-refractivity contribution in [2.24, 2.45) is 0 Å². The number of aliphatic hydroxyl groups excluding tert-OH is 11. The highest BCUT2D eigenvalue weighted by molar-refractivity contribution is 5.76. The Morgan fingerprint density at radius 2 is 0.690 bits per heavy atom. The Hall–Kier alpha value is -3.03. The number of amides is 1. The van der Waals surface area contributed by atoms with Crippen molar-refractivity contribution in [1.82, 2.24) is 5.32 Å². The van der Waals surface area contributed by atoms with Crippen LogP contribution in [-0.2, 0) is 33.2 Å². The lowest BCUT2D eigenvalue weighted by molar-refractivity contribution is -0.379. The average molecular weight is 1420 g/mol.